The van der Waals surface area contributed by atoms with E-state index in [2.05, 4.69) is 15.8 Å². The van der Waals surface area contributed by atoms with Crippen LogP contribution in [-0.4, -0.2) is 18.0 Å². The predicted molar refractivity (Wildman–Crippen MR) is 97.0 cm³/mol. The molecule has 0 fully saturated rings. The molecule has 2 aromatic carbocycles. The number of amides is 2. The summed E-state index contributed by atoms with van der Waals surface area (Å²) in [5.74, 6) is -1.80. The third kappa shape index (κ3) is 4.71. The molecule has 0 saturated carbocycles. The van der Waals surface area contributed by atoms with Crippen LogP contribution in [0.15, 0.2) is 41.5 Å². The van der Waals surface area contributed by atoms with Gasteiger partial charge in [0.2, 0.25) is 0 Å². The standard InChI is InChI=1S/C16H12Cl3N3O2/c1-9-5-6-11(7-13(9)18)21-15(23)16(24)22-20-8-10-3-2-4-12(17)14(10)19/h2-8H,1H3,(H,21,23)(H,22,24). The van der Waals surface area contributed by atoms with E-state index in [1.165, 1.54) is 6.21 Å². The van der Waals surface area contributed by atoms with Gasteiger partial charge in [0.25, 0.3) is 0 Å². The molecule has 2 rings (SSSR count). The van der Waals surface area contributed by atoms with Crippen molar-refractivity contribution in [2.75, 3.05) is 5.32 Å². The van der Waals surface area contributed by atoms with Gasteiger partial charge >= 0.3 is 11.8 Å². The number of halogens is 3. The molecule has 0 aliphatic rings. The van der Waals surface area contributed by atoms with E-state index in [4.69, 9.17) is 34.8 Å². The Bertz CT molecular complexity index is 822. The van der Waals surface area contributed by atoms with Crippen LogP contribution in [0.1, 0.15) is 11.1 Å². The number of anilines is 1. The number of benzene rings is 2. The van der Waals surface area contributed by atoms with Gasteiger partial charge in [-0.2, -0.15) is 5.10 Å². The average molecular weight is 385 g/mol. The normalized spacial score (nSPS) is 10.7. The van der Waals surface area contributed by atoms with Crippen LogP contribution in [0.5, 0.6) is 0 Å². The smallest absolute Gasteiger partial charge is 0.318 e. The fraction of sp³-hybridized carbons (Fsp3) is 0.0625. The molecule has 0 aliphatic carbocycles. The molecule has 2 aromatic rings. The van der Waals surface area contributed by atoms with E-state index in [-0.39, 0.29) is 0 Å². The number of hydrogen-bond donors (Lipinski definition) is 2. The minimum absolute atomic E-state index is 0.302. The lowest BCUT2D eigenvalue weighted by molar-refractivity contribution is -0.136. The van der Waals surface area contributed by atoms with E-state index in [1.54, 1.807) is 36.4 Å². The third-order valence-electron chi connectivity index (χ3n) is 2.99. The number of carbonyl (C=O) groups excluding carboxylic acids is 2. The van der Waals surface area contributed by atoms with Gasteiger partial charge in [0.15, 0.2) is 0 Å². The molecule has 0 unspecified atom stereocenters. The second kappa shape index (κ2) is 8.15. The highest BCUT2D eigenvalue weighted by atomic mass is 35.5. The van der Waals surface area contributed by atoms with Crippen LogP contribution >= 0.6 is 34.8 Å². The van der Waals surface area contributed by atoms with Crippen LogP contribution in [0.4, 0.5) is 5.69 Å². The van der Waals surface area contributed by atoms with E-state index in [0.29, 0.717) is 26.3 Å². The van der Waals surface area contributed by atoms with E-state index in [0.717, 1.165) is 5.56 Å². The van der Waals surface area contributed by atoms with E-state index in [1.807, 2.05) is 6.92 Å². The van der Waals surface area contributed by atoms with Crippen LogP contribution in [0.25, 0.3) is 0 Å². The molecule has 2 amide bonds. The minimum atomic E-state index is -0.930. The molecule has 0 atom stereocenters. The highest BCUT2D eigenvalue weighted by Crippen LogP contribution is 2.24. The number of hydrogen-bond acceptors (Lipinski definition) is 3. The maximum absolute atomic E-state index is 11.8. The van der Waals surface area contributed by atoms with Crippen molar-refractivity contribution in [3.05, 3.63) is 62.6 Å². The summed E-state index contributed by atoms with van der Waals surface area (Å²) < 4.78 is 0. The van der Waals surface area contributed by atoms with E-state index < -0.39 is 11.8 Å². The first-order chi connectivity index (χ1) is 11.4. The Morgan fingerprint density at radius 1 is 1.04 bits per heavy atom. The molecule has 24 heavy (non-hydrogen) atoms. The van der Waals surface area contributed by atoms with Crippen molar-refractivity contribution in [3.8, 4) is 0 Å². The zero-order chi connectivity index (χ0) is 17.7. The van der Waals surface area contributed by atoms with Gasteiger partial charge in [0, 0.05) is 16.3 Å². The number of nitrogens with one attached hydrogen (secondary N) is 2. The van der Waals surface area contributed by atoms with Crippen molar-refractivity contribution < 1.29 is 9.59 Å². The Hall–Kier alpha value is -2.08. The van der Waals surface area contributed by atoms with Gasteiger partial charge in [0.1, 0.15) is 0 Å². The van der Waals surface area contributed by atoms with Crippen molar-refractivity contribution in [2.24, 2.45) is 5.10 Å². The number of hydrazone groups is 1. The Morgan fingerprint density at radius 2 is 1.79 bits per heavy atom. The average Bonchev–Trinajstić information content (AvgIpc) is 2.54. The summed E-state index contributed by atoms with van der Waals surface area (Å²) in [5.41, 5.74) is 3.89. The summed E-state index contributed by atoms with van der Waals surface area (Å²) in [6.07, 6.45) is 1.29. The maximum Gasteiger partial charge on any atom is 0.329 e. The summed E-state index contributed by atoms with van der Waals surface area (Å²) in [6, 6.07) is 9.90. The Labute approximate surface area is 153 Å². The highest BCUT2D eigenvalue weighted by Gasteiger charge is 2.13. The van der Waals surface area contributed by atoms with Gasteiger partial charge in [-0.3, -0.25) is 9.59 Å². The fourth-order valence-electron chi connectivity index (χ4n) is 1.69. The maximum atomic E-state index is 11.8. The highest BCUT2D eigenvalue weighted by molar-refractivity contribution is 6.43. The molecule has 8 heteroatoms. The Morgan fingerprint density at radius 3 is 2.50 bits per heavy atom. The predicted octanol–water partition coefficient (Wildman–Crippen LogP) is 4.04. The molecular formula is C16H12Cl3N3O2. The van der Waals surface area contributed by atoms with Crippen LogP contribution in [0, 0.1) is 6.92 Å². The number of nitrogens with zero attached hydrogens (tertiary/aromatic N) is 1. The molecule has 0 aliphatic heterocycles. The van der Waals surface area contributed by atoms with E-state index in [9.17, 15) is 9.59 Å². The zero-order valence-corrected chi connectivity index (χ0v) is 14.7. The molecule has 0 spiro atoms. The zero-order valence-electron chi connectivity index (χ0n) is 12.4. The van der Waals surface area contributed by atoms with Crippen LogP contribution in [-0.2, 0) is 9.59 Å². The van der Waals surface area contributed by atoms with Gasteiger partial charge in [-0.05, 0) is 30.7 Å². The lowest BCUT2D eigenvalue weighted by Gasteiger charge is -2.05. The third-order valence-corrected chi connectivity index (χ3v) is 4.23. The topological polar surface area (TPSA) is 70.6 Å². The SMILES string of the molecule is Cc1ccc(NC(=O)C(=O)NN=Cc2cccc(Cl)c2Cl)cc1Cl. The summed E-state index contributed by atoms with van der Waals surface area (Å²) in [6.45, 7) is 1.83. The first-order valence-corrected chi connectivity index (χ1v) is 7.86. The quantitative estimate of drug-likeness (QED) is 0.476. The molecule has 0 bridgehead atoms. The van der Waals surface area contributed by atoms with Crippen LogP contribution in [0.2, 0.25) is 15.1 Å². The van der Waals surface area contributed by atoms with Crippen LogP contribution < -0.4 is 10.7 Å². The summed E-state index contributed by atoms with van der Waals surface area (Å²) in [4.78, 5) is 23.5. The second-order valence-electron chi connectivity index (χ2n) is 4.76. The van der Waals surface area contributed by atoms with Crippen molar-refractivity contribution in [3.63, 3.8) is 0 Å². The van der Waals surface area contributed by atoms with Crippen molar-refractivity contribution in [1.29, 1.82) is 0 Å². The second-order valence-corrected chi connectivity index (χ2v) is 5.95. The molecule has 0 saturated heterocycles. The van der Waals surface area contributed by atoms with Gasteiger partial charge < -0.3 is 5.32 Å². The molecule has 2 N–H and O–H groups in total. The lowest BCUT2D eigenvalue weighted by atomic mass is 10.2. The lowest BCUT2D eigenvalue weighted by Crippen LogP contribution is -2.32. The molecule has 124 valence electrons. The minimum Gasteiger partial charge on any atom is -0.318 e. The monoisotopic (exact) mass is 383 g/mol. The van der Waals surface area contributed by atoms with Crippen molar-refractivity contribution in [1.82, 2.24) is 5.43 Å². The fourth-order valence-corrected chi connectivity index (χ4v) is 2.23. The van der Waals surface area contributed by atoms with Crippen molar-refractivity contribution >= 4 is 58.5 Å². The van der Waals surface area contributed by atoms with Crippen LogP contribution in [0.3, 0.4) is 0 Å². The summed E-state index contributed by atoms with van der Waals surface area (Å²) in [7, 11) is 0. The first-order valence-electron chi connectivity index (χ1n) is 6.73. The molecule has 0 heterocycles. The van der Waals surface area contributed by atoms with Gasteiger partial charge in [-0.15, -0.1) is 0 Å². The van der Waals surface area contributed by atoms with Gasteiger partial charge in [0.05, 0.1) is 16.3 Å². The summed E-state index contributed by atoms with van der Waals surface area (Å²) >= 11 is 17.8. The summed E-state index contributed by atoms with van der Waals surface area (Å²) in [5, 5.41) is 7.26. The van der Waals surface area contributed by atoms with Gasteiger partial charge in [-0.1, -0.05) is 53.0 Å². The largest absolute Gasteiger partial charge is 0.329 e. The number of carbonyl (C=O) groups is 2. The van der Waals surface area contributed by atoms with Gasteiger partial charge in [-0.25, -0.2) is 5.43 Å². The Balaban J connectivity index is 1.96. The van der Waals surface area contributed by atoms with Crippen molar-refractivity contribution in [2.45, 2.75) is 6.92 Å². The van der Waals surface area contributed by atoms with E-state index >= 15 is 0 Å². The number of rotatable bonds is 3. The Kier molecular flexibility index (Phi) is 6.20. The molecule has 5 nitrogen and oxygen atoms in total. The molecule has 0 aromatic heterocycles. The molecular weight excluding hydrogens is 373 g/mol. The molecule has 0 radical (unpaired) electrons. The number of aryl methyl sites for hydroxylation is 1. The first kappa shape index (κ1) is 18.3.